The third-order valence-electron chi connectivity index (χ3n) is 1.52. The Morgan fingerprint density at radius 3 is 3.10 bits per heavy atom. The van der Waals surface area contributed by atoms with Crippen LogP contribution < -0.4 is 0 Å². The molecule has 0 aliphatic heterocycles. The van der Waals surface area contributed by atoms with Gasteiger partial charge in [0.1, 0.15) is 0 Å². The number of aryl methyl sites for hydroxylation is 1. The van der Waals surface area contributed by atoms with Gasteiger partial charge in [0.2, 0.25) is 0 Å². The SMILES string of the molecule is Cc1[nH]c2ccsc2c1Br. The minimum absolute atomic E-state index is 1.21. The van der Waals surface area contributed by atoms with Crippen molar-refractivity contribution in [2.75, 3.05) is 0 Å². The molecule has 0 aliphatic carbocycles. The summed E-state index contributed by atoms with van der Waals surface area (Å²) in [6.45, 7) is 2.07. The molecular formula is C7H6BrNS. The highest BCUT2D eigenvalue weighted by Crippen LogP contribution is 2.31. The quantitative estimate of drug-likeness (QED) is 0.695. The second kappa shape index (κ2) is 2.10. The van der Waals surface area contributed by atoms with Gasteiger partial charge in [0, 0.05) is 5.69 Å². The molecule has 52 valence electrons. The number of fused-ring (bicyclic) bond motifs is 1. The number of rotatable bonds is 0. The fraction of sp³-hybridized carbons (Fsp3) is 0.143. The minimum atomic E-state index is 1.21. The smallest absolute Gasteiger partial charge is 0.0664 e. The molecule has 2 aromatic rings. The summed E-state index contributed by atoms with van der Waals surface area (Å²) < 4.78 is 2.52. The zero-order valence-corrected chi connectivity index (χ0v) is 7.84. The fourth-order valence-corrected chi connectivity index (χ4v) is 2.44. The molecule has 2 rings (SSSR count). The molecule has 0 aromatic carbocycles. The van der Waals surface area contributed by atoms with E-state index in [4.69, 9.17) is 0 Å². The lowest BCUT2D eigenvalue weighted by atomic mass is 10.5. The molecule has 0 aliphatic rings. The Balaban J connectivity index is 2.95. The van der Waals surface area contributed by atoms with Crippen molar-refractivity contribution in [3.8, 4) is 0 Å². The maximum atomic E-state index is 3.51. The Hall–Kier alpha value is -0.280. The summed E-state index contributed by atoms with van der Waals surface area (Å²) in [6.07, 6.45) is 0. The molecule has 0 fully saturated rings. The third kappa shape index (κ3) is 0.739. The van der Waals surface area contributed by atoms with Gasteiger partial charge in [-0.15, -0.1) is 11.3 Å². The van der Waals surface area contributed by atoms with Crippen LogP contribution in [0.4, 0.5) is 0 Å². The van der Waals surface area contributed by atoms with Crippen LogP contribution in [0.2, 0.25) is 0 Å². The second-order valence-electron chi connectivity index (χ2n) is 2.23. The third-order valence-corrected chi connectivity index (χ3v) is 3.70. The topological polar surface area (TPSA) is 15.8 Å². The van der Waals surface area contributed by atoms with E-state index in [0.717, 1.165) is 0 Å². The first-order valence-corrected chi connectivity index (χ1v) is 4.67. The van der Waals surface area contributed by atoms with E-state index in [-0.39, 0.29) is 0 Å². The molecule has 0 amide bonds. The Bertz CT molecular complexity index is 360. The highest BCUT2D eigenvalue weighted by molar-refractivity contribution is 9.10. The maximum absolute atomic E-state index is 3.51. The molecule has 3 heteroatoms. The number of H-pyrrole nitrogens is 1. The summed E-state index contributed by atoms with van der Waals surface area (Å²) in [5, 5.41) is 2.09. The Labute approximate surface area is 71.2 Å². The van der Waals surface area contributed by atoms with Crippen LogP contribution >= 0.6 is 27.3 Å². The van der Waals surface area contributed by atoms with Gasteiger partial charge in [-0.2, -0.15) is 0 Å². The zero-order chi connectivity index (χ0) is 7.14. The van der Waals surface area contributed by atoms with E-state index in [9.17, 15) is 0 Å². The van der Waals surface area contributed by atoms with Crippen molar-refractivity contribution in [2.24, 2.45) is 0 Å². The van der Waals surface area contributed by atoms with Crippen molar-refractivity contribution in [2.45, 2.75) is 6.92 Å². The van der Waals surface area contributed by atoms with Crippen LogP contribution in [0.5, 0.6) is 0 Å². The number of aromatic amines is 1. The number of halogens is 1. The van der Waals surface area contributed by atoms with Gasteiger partial charge in [-0.3, -0.25) is 0 Å². The van der Waals surface area contributed by atoms with Crippen molar-refractivity contribution in [1.29, 1.82) is 0 Å². The highest BCUT2D eigenvalue weighted by atomic mass is 79.9. The van der Waals surface area contributed by atoms with Crippen LogP contribution in [0.1, 0.15) is 5.69 Å². The summed E-state index contributed by atoms with van der Waals surface area (Å²) in [6, 6.07) is 2.10. The number of nitrogens with one attached hydrogen (secondary N) is 1. The molecule has 0 unspecified atom stereocenters. The van der Waals surface area contributed by atoms with Crippen molar-refractivity contribution in [3.05, 3.63) is 21.6 Å². The minimum Gasteiger partial charge on any atom is -0.357 e. The van der Waals surface area contributed by atoms with Gasteiger partial charge >= 0.3 is 0 Å². The predicted molar refractivity (Wildman–Crippen MR) is 48.6 cm³/mol. The van der Waals surface area contributed by atoms with Crippen LogP contribution in [-0.2, 0) is 0 Å². The van der Waals surface area contributed by atoms with E-state index in [1.165, 1.54) is 20.4 Å². The van der Waals surface area contributed by atoms with E-state index in [2.05, 4.69) is 39.3 Å². The predicted octanol–water partition coefficient (Wildman–Crippen LogP) is 3.30. The first-order valence-electron chi connectivity index (χ1n) is 3.00. The van der Waals surface area contributed by atoms with Crippen LogP contribution in [0.3, 0.4) is 0 Å². The normalized spacial score (nSPS) is 11.0. The zero-order valence-electron chi connectivity index (χ0n) is 5.44. The van der Waals surface area contributed by atoms with Gasteiger partial charge in [-0.05, 0) is 34.3 Å². The largest absolute Gasteiger partial charge is 0.357 e. The van der Waals surface area contributed by atoms with Gasteiger partial charge < -0.3 is 4.98 Å². The van der Waals surface area contributed by atoms with Crippen LogP contribution in [0.25, 0.3) is 10.2 Å². The van der Waals surface area contributed by atoms with Crippen molar-refractivity contribution < 1.29 is 0 Å². The molecule has 0 bridgehead atoms. The van der Waals surface area contributed by atoms with Crippen molar-refractivity contribution in [3.63, 3.8) is 0 Å². The molecule has 0 saturated heterocycles. The molecule has 2 heterocycles. The molecule has 0 atom stereocenters. The average molecular weight is 216 g/mol. The Kier molecular flexibility index (Phi) is 1.35. The van der Waals surface area contributed by atoms with E-state index >= 15 is 0 Å². The Morgan fingerprint density at radius 1 is 1.60 bits per heavy atom. The van der Waals surface area contributed by atoms with Gasteiger partial charge in [0.15, 0.2) is 0 Å². The van der Waals surface area contributed by atoms with Gasteiger partial charge in [0.05, 0.1) is 14.7 Å². The van der Waals surface area contributed by atoms with Crippen molar-refractivity contribution >= 4 is 37.5 Å². The number of hydrogen-bond acceptors (Lipinski definition) is 1. The number of hydrogen-bond donors (Lipinski definition) is 1. The van der Waals surface area contributed by atoms with Gasteiger partial charge in [-0.1, -0.05) is 0 Å². The lowest BCUT2D eigenvalue weighted by molar-refractivity contribution is 1.29. The molecule has 0 radical (unpaired) electrons. The van der Waals surface area contributed by atoms with Gasteiger partial charge in [0.25, 0.3) is 0 Å². The lowest BCUT2D eigenvalue weighted by Gasteiger charge is -1.82. The van der Waals surface area contributed by atoms with E-state index in [0.29, 0.717) is 0 Å². The lowest BCUT2D eigenvalue weighted by Crippen LogP contribution is -1.66. The standard InChI is InChI=1S/C7H6BrNS/c1-4-6(8)7-5(9-4)2-3-10-7/h2-3,9H,1H3. The first-order chi connectivity index (χ1) is 4.79. The summed E-state index contributed by atoms with van der Waals surface area (Å²) >= 11 is 5.27. The monoisotopic (exact) mass is 215 g/mol. The Morgan fingerprint density at radius 2 is 2.40 bits per heavy atom. The van der Waals surface area contributed by atoms with Crippen molar-refractivity contribution in [1.82, 2.24) is 4.98 Å². The summed E-state index contributed by atoms with van der Waals surface area (Å²) in [5.41, 5.74) is 2.44. The second-order valence-corrected chi connectivity index (χ2v) is 3.94. The maximum Gasteiger partial charge on any atom is 0.0664 e. The van der Waals surface area contributed by atoms with Gasteiger partial charge in [-0.25, -0.2) is 0 Å². The molecule has 2 aromatic heterocycles. The summed E-state index contributed by atoms with van der Waals surface area (Å²) in [4.78, 5) is 3.27. The number of aromatic nitrogens is 1. The first kappa shape index (κ1) is 6.43. The summed E-state index contributed by atoms with van der Waals surface area (Å²) in [5.74, 6) is 0. The fourth-order valence-electron chi connectivity index (χ4n) is 1.00. The van der Waals surface area contributed by atoms with Crippen LogP contribution in [-0.4, -0.2) is 4.98 Å². The average Bonchev–Trinajstić information content (AvgIpc) is 2.41. The van der Waals surface area contributed by atoms with E-state index in [1.807, 2.05) is 0 Å². The van der Waals surface area contributed by atoms with E-state index < -0.39 is 0 Å². The number of thiophene rings is 1. The summed E-state index contributed by atoms with van der Waals surface area (Å²) in [7, 11) is 0. The molecule has 10 heavy (non-hydrogen) atoms. The molecule has 1 N–H and O–H groups in total. The molecule has 0 spiro atoms. The molecule has 0 saturated carbocycles. The molecular weight excluding hydrogens is 210 g/mol. The van der Waals surface area contributed by atoms with E-state index in [1.54, 1.807) is 11.3 Å². The highest BCUT2D eigenvalue weighted by Gasteiger charge is 2.04. The van der Waals surface area contributed by atoms with Crippen LogP contribution in [0.15, 0.2) is 15.9 Å². The molecule has 1 nitrogen and oxygen atoms in total. The van der Waals surface area contributed by atoms with Crippen LogP contribution in [0, 0.1) is 6.92 Å².